The number of pyridine rings is 1. The molecule has 1 aromatic carbocycles. The highest BCUT2D eigenvalue weighted by Crippen LogP contribution is 2.44. The molecule has 0 unspecified atom stereocenters. The largest absolute Gasteiger partial charge is 0.382 e. The van der Waals surface area contributed by atoms with Gasteiger partial charge in [-0.15, -0.1) is 11.3 Å². The van der Waals surface area contributed by atoms with Crippen molar-refractivity contribution in [2.24, 2.45) is 0 Å². The fraction of sp³-hybridized carbons (Fsp3) is 0.357. The standard InChI is InChI=1S/C28H34N3O4S2/c1-4-31-27(21-22-9-7-8-14-30(22)15-16-34-19-20-35-18-17-33-3)37-25(28(31)32)12-13-26-29(2)23-10-5-6-11-24(23)36-26/h5-14,21H,4,15-20H2,1-3H3/q+1/b25-12-,26-13-. The lowest BCUT2D eigenvalue weighted by Crippen LogP contribution is -2.39. The SMILES string of the molecule is CCn1c(=O)/c(=C/C=C2\Sc3ccccc3N2C)s/c1=C\c1cccc[n+]1CCOCCOCCOC. The van der Waals surface area contributed by atoms with Crippen molar-refractivity contribution in [1.82, 2.24) is 4.57 Å². The highest BCUT2D eigenvalue weighted by atomic mass is 32.2. The molecule has 0 spiro atoms. The molecule has 9 heteroatoms. The summed E-state index contributed by atoms with van der Waals surface area (Å²) in [5.74, 6) is 0. The van der Waals surface area contributed by atoms with E-state index in [0.29, 0.717) is 46.1 Å². The third-order valence-corrected chi connectivity index (χ3v) is 8.19. The minimum absolute atomic E-state index is 0.0399. The molecule has 37 heavy (non-hydrogen) atoms. The van der Waals surface area contributed by atoms with Crippen LogP contribution in [0.1, 0.15) is 12.6 Å². The molecular weight excluding hydrogens is 506 g/mol. The Labute approximate surface area is 225 Å². The van der Waals surface area contributed by atoms with Gasteiger partial charge in [0.05, 0.1) is 41.7 Å². The van der Waals surface area contributed by atoms with E-state index in [4.69, 9.17) is 14.2 Å². The van der Waals surface area contributed by atoms with Crippen molar-refractivity contribution in [1.29, 1.82) is 0 Å². The van der Waals surface area contributed by atoms with Gasteiger partial charge in [-0.3, -0.25) is 9.36 Å². The van der Waals surface area contributed by atoms with E-state index in [1.54, 1.807) is 18.9 Å². The first-order valence-corrected chi connectivity index (χ1v) is 14.0. The first kappa shape index (κ1) is 27.3. The van der Waals surface area contributed by atoms with Gasteiger partial charge in [0, 0.05) is 43.8 Å². The Hall–Kier alpha value is -2.69. The molecule has 0 saturated carbocycles. The van der Waals surface area contributed by atoms with Crippen LogP contribution in [0, 0.1) is 0 Å². The molecule has 3 heterocycles. The van der Waals surface area contributed by atoms with E-state index in [9.17, 15) is 4.79 Å². The number of fused-ring (bicyclic) bond motifs is 1. The summed E-state index contributed by atoms with van der Waals surface area (Å²) in [6, 6.07) is 14.4. The normalized spacial score (nSPS) is 15.2. The van der Waals surface area contributed by atoms with Crippen LogP contribution in [0.15, 0.2) is 69.5 Å². The fourth-order valence-corrected chi connectivity index (χ4v) is 6.06. The molecule has 2 aromatic heterocycles. The first-order valence-electron chi connectivity index (χ1n) is 12.4. The quantitative estimate of drug-likeness (QED) is 0.260. The minimum Gasteiger partial charge on any atom is -0.382 e. The van der Waals surface area contributed by atoms with Gasteiger partial charge in [0.15, 0.2) is 12.7 Å². The van der Waals surface area contributed by atoms with E-state index in [-0.39, 0.29) is 5.56 Å². The van der Waals surface area contributed by atoms with Crippen molar-refractivity contribution >= 4 is 40.9 Å². The topological polar surface area (TPSA) is 56.8 Å². The number of ether oxygens (including phenoxy) is 3. The number of rotatable bonds is 12. The van der Waals surface area contributed by atoms with Crippen LogP contribution in [0.4, 0.5) is 5.69 Å². The van der Waals surface area contributed by atoms with Crippen molar-refractivity contribution in [3.63, 3.8) is 0 Å². The monoisotopic (exact) mass is 540 g/mol. The summed E-state index contributed by atoms with van der Waals surface area (Å²) in [6.07, 6.45) is 8.11. The van der Waals surface area contributed by atoms with Crippen LogP contribution < -0.4 is 24.2 Å². The molecule has 1 aliphatic rings. The Morgan fingerprint density at radius 3 is 2.51 bits per heavy atom. The Morgan fingerprint density at radius 2 is 1.73 bits per heavy atom. The number of aromatic nitrogens is 2. The van der Waals surface area contributed by atoms with Gasteiger partial charge in [0.1, 0.15) is 11.3 Å². The summed E-state index contributed by atoms with van der Waals surface area (Å²) in [5.41, 5.74) is 2.25. The van der Waals surface area contributed by atoms with Crippen molar-refractivity contribution < 1.29 is 18.8 Å². The smallest absolute Gasteiger partial charge is 0.269 e. The second kappa shape index (κ2) is 13.7. The van der Waals surface area contributed by atoms with Crippen molar-refractivity contribution in [2.75, 3.05) is 52.1 Å². The van der Waals surface area contributed by atoms with Crippen molar-refractivity contribution in [3.05, 3.63) is 85.0 Å². The van der Waals surface area contributed by atoms with Gasteiger partial charge in [0.2, 0.25) is 5.69 Å². The van der Waals surface area contributed by atoms with Crippen LogP contribution in [0.3, 0.4) is 0 Å². The fourth-order valence-electron chi connectivity index (χ4n) is 3.95. The van der Waals surface area contributed by atoms with E-state index in [1.807, 2.05) is 48.0 Å². The number of hydrogen-bond donors (Lipinski definition) is 0. The van der Waals surface area contributed by atoms with Gasteiger partial charge in [-0.2, -0.15) is 4.57 Å². The Morgan fingerprint density at radius 1 is 0.973 bits per heavy atom. The van der Waals surface area contributed by atoms with E-state index >= 15 is 0 Å². The van der Waals surface area contributed by atoms with Gasteiger partial charge >= 0.3 is 0 Å². The molecule has 0 aliphatic carbocycles. The zero-order chi connectivity index (χ0) is 26.0. The maximum Gasteiger partial charge on any atom is 0.269 e. The summed E-state index contributed by atoms with van der Waals surface area (Å²) in [6.45, 7) is 6.17. The third kappa shape index (κ3) is 7.00. The lowest BCUT2D eigenvalue weighted by molar-refractivity contribution is -0.700. The lowest BCUT2D eigenvalue weighted by atomic mass is 10.3. The third-order valence-electron chi connectivity index (χ3n) is 5.93. The number of thioether (sulfide) groups is 1. The molecule has 0 fully saturated rings. The molecule has 0 N–H and O–H groups in total. The highest BCUT2D eigenvalue weighted by Gasteiger charge is 2.20. The van der Waals surface area contributed by atoms with Crippen LogP contribution in [0.25, 0.3) is 12.2 Å². The zero-order valence-corrected chi connectivity index (χ0v) is 23.2. The molecule has 1 aliphatic heterocycles. The molecule has 0 saturated heterocycles. The van der Waals surface area contributed by atoms with Crippen LogP contribution in [-0.4, -0.2) is 51.8 Å². The Balaban J connectivity index is 1.51. The molecule has 4 rings (SSSR count). The predicted octanol–water partition coefficient (Wildman–Crippen LogP) is 2.59. The van der Waals surface area contributed by atoms with Crippen molar-refractivity contribution in [2.45, 2.75) is 24.9 Å². The molecular formula is C28H34N3O4S2+. The number of para-hydroxylation sites is 1. The highest BCUT2D eigenvalue weighted by molar-refractivity contribution is 8.03. The second-order valence-electron chi connectivity index (χ2n) is 8.34. The summed E-state index contributed by atoms with van der Waals surface area (Å²) >= 11 is 3.24. The van der Waals surface area contributed by atoms with Crippen LogP contribution in [-0.2, 0) is 27.3 Å². The number of thiazole rings is 1. The molecule has 196 valence electrons. The van der Waals surface area contributed by atoms with Crippen LogP contribution >= 0.6 is 23.1 Å². The molecule has 0 radical (unpaired) electrons. The maximum absolute atomic E-state index is 13.2. The number of hydrogen-bond acceptors (Lipinski definition) is 7. The van der Waals surface area contributed by atoms with E-state index in [2.05, 4.69) is 46.9 Å². The molecule has 0 atom stereocenters. The van der Waals surface area contributed by atoms with E-state index in [1.165, 1.54) is 21.9 Å². The van der Waals surface area contributed by atoms with Crippen molar-refractivity contribution in [3.8, 4) is 0 Å². The number of allylic oxidation sites excluding steroid dienone is 1. The molecule has 0 bridgehead atoms. The summed E-state index contributed by atoms with van der Waals surface area (Å²) in [4.78, 5) is 16.6. The molecule has 7 nitrogen and oxygen atoms in total. The average molecular weight is 541 g/mol. The van der Waals surface area contributed by atoms with Gasteiger partial charge in [0.25, 0.3) is 5.56 Å². The summed E-state index contributed by atoms with van der Waals surface area (Å²) in [5, 5.41) is 1.10. The van der Waals surface area contributed by atoms with E-state index in [0.717, 1.165) is 19.9 Å². The van der Waals surface area contributed by atoms with Gasteiger partial charge in [-0.05, 0) is 37.3 Å². The zero-order valence-electron chi connectivity index (χ0n) is 21.6. The lowest BCUT2D eigenvalue weighted by Gasteiger charge is -2.12. The minimum atomic E-state index is 0.0399. The van der Waals surface area contributed by atoms with Crippen LogP contribution in [0.5, 0.6) is 0 Å². The number of anilines is 1. The molecule has 0 amide bonds. The van der Waals surface area contributed by atoms with E-state index < -0.39 is 0 Å². The maximum atomic E-state index is 13.2. The van der Waals surface area contributed by atoms with Gasteiger partial charge in [-0.25, -0.2) is 0 Å². The number of nitrogens with zero attached hydrogens (tertiary/aromatic N) is 3. The Bertz CT molecular complexity index is 1400. The number of benzene rings is 1. The number of methoxy groups -OCH3 is 1. The Kier molecular flexibility index (Phi) is 10.2. The summed E-state index contributed by atoms with van der Waals surface area (Å²) in [7, 11) is 3.72. The summed E-state index contributed by atoms with van der Waals surface area (Å²) < 4.78 is 21.8. The van der Waals surface area contributed by atoms with Gasteiger partial charge < -0.3 is 19.1 Å². The second-order valence-corrected chi connectivity index (χ2v) is 10.5. The van der Waals surface area contributed by atoms with Gasteiger partial charge in [-0.1, -0.05) is 23.9 Å². The van der Waals surface area contributed by atoms with Crippen LogP contribution in [0.2, 0.25) is 0 Å². The average Bonchev–Trinajstić information content (AvgIpc) is 3.40. The first-order chi connectivity index (χ1) is 18.1. The molecule has 3 aromatic rings. The predicted molar refractivity (Wildman–Crippen MR) is 150 cm³/mol.